The summed E-state index contributed by atoms with van der Waals surface area (Å²) in [6.07, 6.45) is 4.91. The molecule has 0 bridgehead atoms. The Bertz CT molecular complexity index is 710. The third-order valence-electron chi connectivity index (χ3n) is 5.86. The molecule has 1 atom stereocenters. The fraction of sp³-hybridized carbons (Fsp3) is 0.579. The molecular formula is C19H24FNO. The highest BCUT2D eigenvalue weighted by atomic mass is 19.1. The maximum atomic E-state index is 14.6. The van der Waals surface area contributed by atoms with E-state index in [0.29, 0.717) is 11.8 Å². The number of halogens is 1. The average Bonchev–Trinajstić information content (AvgIpc) is 3.01. The third-order valence-corrected chi connectivity index (χ3v) is 5.86. The van der Waals surface area contributed by atoms with E-state index >= 15 is 0 Å². The molecule has 22 heavy (non-hydrogen) atoms. The van der Waals surface area contributed by atoms with Crippen molar-refractivity contribution in [2.75, 3.05) is 20.1 Å². The molecule has 2 nitrogen and oxygen atoms in total. The van der Waals surface area contributed by atoms with Gasteiger partial charge in [0.2, 0.25) is 0 Å². The van der Waals surface area contributed by atoms with E-state index in [1.165, 1.54) is 18.4 Å². The fourth-order valence-corrected chi connectivity index (χ4v) is 4.84. The lowest BCUT2D eigenvalue weighted by Gasteiger charge is -2.39. The van der Waals surface area contributed by atoms with Gasteiger partial charge in [0.05, 0.1) is 6.26 Å². The van der Waals surface area contributed by atoms with Crippen molar-refractivity contribution in [3.8, 4) is 0 Å². The first kappa shape index (κ1) is 14.3. The van der Waals surface area contributed by atoms with Crippen LogP contribution >= 0.6 is 0 Å². The first-order valence-electron chi connectivity index (χ1n) is 8.34. The van der Waals surface area contributed by atoms with E-state index in [2.05, 4.69) is 25.8 Å². The van der Waals surface area contributed by atoms with Crippen molar-refractivity contribution in [1.82, 2.24) is 4.90 Å². The lowest BCUT2D eigenvalue weighted by Crippen LogP contribution is -2.35. The van der Waals surface area contributed by atoms with Crippen LogP contribution in [0, 0.1) is 17.2 Å². The van der Waals surface area contributed by atoms with E-state index in [4.69, 9.17) is 4.42 Å². The van der Waals surface area contributed by atoms with Crippen molar-refractivity contribution in [1.29, 1.82) is 0 Å². The second-order valence-corrected chi connectivity index (χ2v) is 7.87. The van der Waals surface area contributed by atoms with Crippen LogP contribution < -0.4 is 0 Å². The fourth-order valence-electron chi connectivity index (χ4n) is 4.84. The van der Waals surface area contributed by atoms with Gasteiger partial charge >= 0.3 is 0 Å². The number of hydrogen-bond acceptors (Lipinski definition) is 2. The molecule has 4 rings (SSSR count). The van der Waals surface area contributed by atoms with Gasteiger partial charge in [0.25, 0.3) is 0 Å². The van der Waals surface area contributed by atoms with Crippen LogP contribution in [-0.2, 0) is 6.42 Å². The van der Waals surface area contributed by atoms with Crippen LogP contribution in [0.2, 0.25) is 0 Å². The summed E-state index contributed by atoms with van der Waals surface area (Å²) in [5, 5.41) is 0.909. The summed E-state index contributed by atoms with van der Waals surface area (Å²) < 4.78 is 20.4. The molecule has 0 amide bonds. The van der Waals surface area contributed by atoms with Gasteiger partial charge in [0, 0.05) is 10.9 Å². The lowest BCUT2D eigenvalue weighted by molar-refractivity contribution is 0.146. The quantitative estimate of drug-likeness (QED) is 0.766. The predicted molar refractivity (Wildman–Crippen MR) is 86.6 cm³/mol. The molecule has 1 aromatic heterocycles. The highest BCUT2D eigenvalue weighted by molar-refractivity contribution is 5.83. The highest BCUT2D eigenvalue weighted by Gasteiger charge is 2.46. The van der Waals surface area contributed by atoms with E-state index in [1.54, 1.807) is 12.3 Å². The molecule has 1 unspecified atom stereocenters. The second kappa shape index (κ2) is 4.82. The zero-order valence-corrected chi connectivity index (χ0v) is 13.7. The van der Waals surface area contributed by atoms with Gasteiger partial charge in [-0.1, -0.05) is 13.8 Å². The van der Waals surface area contributed by atoms with Crippen LogP contribution in [-0.4, -0.2) is 25.0 Å². The normalized spacial score (nSPS) is 25.7. The summed E-state index contributed by atoms with van der Waals surface area (Å²) in [6, 6.07) is 3.53. The molecule has 118 valence electrons. The van der Waals surface area contributed by atoms with E-state index < -0.39 is 0 Å². The molecule has 1 aliphatic heterocycles. The molecule has 1 fully saturated rings. The number of fused-ring (bicyclic) bond motifs is 3. The van der Waals surface area contributed by atoms with Crippen LogP contribution in [0.1, 0.15) is 43.7 Å². The number of likely N-dealkylation sites (tertiary alicyclic amines) is 1. The van der Waals surface area contributed by atoms with E-state index in [-0.39, 0.29) is 11.2 Å². The topological polar surface area (TPSA) is 16.4 Å². The molecule has 3 heteroatoms. The van der Waals surface area contributed by atoms with E-state index in [9.17, 15) is 4.39 Å². The molecule has 2 aromatic rings. The zero-order valence-electron chi connectivity index (χ0n) is 13.7. The van der Waals surface area contributed by atoms with Gasteiger partial charge < -0.3 is 9.32 Å². The van der Waals surface area contributed by atoms with Crippen molar-refractivity contribution in [3.63, 3.8) is 0 Å². The van der Waals surface area contributed by atoms with Crippen molar-refractivity contribution >= 4 is 11.0 Å². The van der Waals surface area contributed by atoms with E-state index in [0.717, 1.165) is 36.0 Å². The van der Waals surface area contributed by atoms with Gasteiger partial charge in [-0.25, -0.2) is 4.39 Å². The number of furan rings is 1. The zero-order chi connectivity index (χ0) is 15.5. The molecule has 1 aromatic carbocycles. The van der Waals surface area contributed by atoms with Gasteiger partial charge in [-0.05, 0) is 74.3 Å². The van der Waals surface area contributed by atoms with E-state index in [1.807, 2.05) is 6.07 Å². The average molecular weight is 301 g/mol. The maximum Gasteiger partial charge on any atom is 0.137 e. The number of nitrogens with zero attached hydrogens (tertiary/aromatic N) is 1. The first-order valence-corrected chi connectivity index (χ1v) is 8.34. The molecule has 0 N–H and O–H groups in total. The third kappa shape index (κ3) is 2.02. The Kier molecular flexibility index (Phi) is 3.12. The van der Waals surface area contributed by atoms with Crippen LogP contribution in [0.15, 0.2) is 22.8 Å². The summed E-state index contributed by atoms with van der Waals surface area (Å²) in [5.41, 5.74) is 3.09. The number of rotatable bonds is 1. The standard InChI is InChI=1S/C19H24FNO/c1-19(2)11-14-15(20)10-13-6-9-22-18(13)16(14)17(19)12-4-7-21(3)8-5-12/h6,9-10,12,17H,4-5,7-8,11H2,1-3H3. The van der Waals surface area contributed by atoms with Crippen molar-refractivity contribution in [2.45, 2.75) is 39.0 Å². The summed E-state index contributed by atoms with van der Waals surface area (Å²) in [5.74, 6) is 0.982. The Morgan fingerprint density at radius 2 is 2.00 bits per heavy atom. The minimum absolute atomic E-state index is 0.0487. The Labute approximate surface area is 131 Å². The monoisotopic (exact) mass is 301 g/mol. The van der Waals surface area contributed by atoms with Gasteiger partial charge in [0.1, 0.15) is 11.4 Å². The maximum absolute atomic E-state index is 14.6. The van der Waals surface area contributed by atoms with Crippen molar-refractivity contribution < 1.29 is 8.81 Å². The molecule has 1 aliphatic carbocycles. The van der Waals surface area contributed by atoms with Crippen LogP contribution in [0.4, 0.5) is 4.39 Å². The largest absolute Gasteiger partial charge is 0.464 e. The SMILES string of the molecule is CN1CCC(C2c3c(c(F)cc4ccoc34)CC2(C)C)CC1. The number of benzene rings is 1. The Hall–Kier alpha value is -1.35. The summed E-state index contributed by atoms with van der Waals surface area (Å²) >= 11 is 0. The number of hydrogen-bond donors (Lipinski definition) is 0. The molecule has 2 heterocycles. The van der Waals surface area contributed by atoms with Crippen LogP contribution in [0.25, 0.3) is 11.0 Å². The van der Waals surface area contributed by atoms with Crippen molar-refractivity contribution in [2.24, 2.45) is 11.3 Å². The minimum atomic E-state index is -0.0487. The summed E-state index contributed by atoms with van der Waals surface area (Å²) in [4.78, 5) is 2.40. The molecule has 0 saturated carbocycles. The van der Waals surface area contributed by atoms with Gasteiger partial charge in [-0.3, -0.25) is 0 Å². The highest BCUT2D eigenvalue weighted by Crippen LogP contribution is 2.55. The molecule has 2 aliphatic rings. The molecular weight excluding hydrogens is 277 g/mol. The Morgan fingerprint density at radius 3 is 2.73 bits per heavy atom. The van der Waals surface area contributed by atoms with Gasteiger partial charge in [-0.15, -0.1) is 0 Å². The van der Waals surface area contributed by atoms with Gasteiger partial charge in [-0.2, -0.15) is 0 Å². The van der Waals surface area contributed by atoms with Crippen molar-refractivity contribution in [3.05, 3.63) is 35.3 Å². The lowest BCUT2D eigenvalue weighted by atomic mass is 9.69. The summed E-state index contributed by atoms with van der Waals surface area (Å²) in [7, 11) is 2.19. The smallest absolute Gasteiger partial charge is 0.137 e. The Balaban J connectivity index is 1.85. The second-order valence-electron chi connectivity index (χ2n) is 7.87. The molecule has 0 radical (unpaired) electrons. The predicted octanol–water partition coefficient (Wildman–Crippen LogP) is 4.58. The first-order chi connectivity index (χ1) is 10.5. The Morgan fingerprint density at radius 1 is 1.27 bits per heavy atom. The summed E-state index contributed by atoms with van der Waals surface area (Å²) in [6.45, 7) is 6.88. The van der Waals surface area contributed by atoms with Crippen LogP contribution in [0.3, 0.4) is 0 Å². The molecule has 1 saturated heterocycles. The minimum Gasteiger partial charge on any atom is -0.464 e. The number of piperidine rings is 1. The van der Waals surface area contributed by atoms with Crippen LogP contribution in [0.5, 0.6) is 0 Å². The van der Waals surface area contributed by atoms with Gasteiger partial charge in [0.15, 0.2) is 0 Å². The molecule has 0 spiro atoms.